The van der Waals surface area contributed by atoms with E-state index >= 15 is 0 Å². The maximum absolute atomic E-state index is 12.0. The van der Waals surface area contributed by atoms with Gasteiger partial charge in [0.1, 0.15) is 0 Å². The number of unbranched alkanes of at least 4 members (excludes halogenated alkanes) is 1. The predicted molar refractivity (Wildman–Crippen MR) is 72.4 cm³/mol. The second-order valence-electron chi connectivity index (χ2n) is 3.76. The Labute approximate surface area is 108 Å². The molecule has 0 amide bonds. The summed E-state index contributed by atoms with van der Waals surface area (Å²) < 4.78 is 24.0. The Morgan fingerprint density at radius 1 is 1.29 bits per heavy atom. The zero-order valence-corrected chi connectivity index (χ0v) is 11.4. The number of benzene rings is 1. The summed E-state index contributed by atoms with van der Waals surface area (Å²) in [6.45, 7) is 2.36. The van der Waals surface area contributed by atoms with Gasteiger partial charge in [-0.15, -0.1) is 0 Å². The van der Waals surface area contributed by atoms with Gasteiger partial charge in [-0.25, -0.2) is 13.4 Å². The van der Waals surface area contributed by atoms with E-state index in [0.29, 0.717) is 17.9 Å². The molecule has 0 aliphatic heterocycles. The second-order valence-corrected chi connectivity index (χ2v) is 6.02. The highest BCUT2D eigenvalue weighted by Gasteiger charge is 2.15. The SMILES string of the molecule is Cc1ccccc1S(=O)(=O)CCCCN=C=S. The molecule has 0 aromatic heterocycles. The van der Waals surface area contributed by atoms with E-state index in [0.717, 1.165) is 12.0 Å². The maximum atomic E-state index is 12.0. The monoisotopic (exact) mass is 269 g/mol. The van der Waals surface area contributed by atoms with E-state index in [9.17, 15) is 8.42 Å². The largest absolute Gasteiger partial charge is 0.233 e. The maximum Gasteiger partial charge on any atom is 0.178 e. The van der Waals surface area contributed by atoms with Crippen LogP contribution in [0.3, 0.4) is 0 Å². The molecule has 1 aromatic carbocycles. The number of thiocarbonyl (C=S) groups is 1. The summed E-state index contributed by atoms with van der Waals surface area (Å²) in [4.78, 5) is 4.18. The molecule has 1 aromatic rings. The van der Waals surface area contributed by atoms with Crippen molar-refractivity contribution in [2.45, 2.75) is 24.7 Å². The zero-order valence-electron chi connectivity index (χ0n) is 9.72. The summed E-state index contributed by atoms with van der Waals surface area (Å²) in [6, 6.07) is 7.04. The van der Waals surface area contributed by atoms with Gasteiger partial charge in [-0.05, 0) is 43.6 Å². The molecular formula is C12H15NO2S2. The average molecular weight is 269 g/mol. The first-order chi connectivity index (χ1) is 8.08. The summed E-state index contributed by atoms with van der Waals surface area (Å²) in [6.07, 6.45) is 1.31. The van der Waals surface area contributed by atoms with Crippen LogP contribution in [0.4, 0.5) is 0 Å². The van der Waals surface area contributed by atoms with Crippen molar-refractivity contribution >= 4 is 27.2 Å². The highest BCUT2D eigenvalue weighted by atomic mass is 32.2. The van der Waals surface area contributed by atoms with Crippen LogP contribution in [-0.2, 0) is 9.84 Å². The van der Waals surface area contributed by atoms with Gasteiger partial charge in [0.2, 0.25) is 0 Å². The minimum atomic E-state index is -3.17. The first-order valence-electron chi connectivity index (χ1n) is 5.40. The highest BCUT2D eigenvalue weighted by Crippen LogP contribution is 2.16. The molecule has 0 N–H and O–H groups in total. The summed E-state index contributed by atoms with van der Waals surface area (Å²) in [5.41, 5.74) is 0.796. The fourth-order valence-corrected chi connectivity index (χ4v) is 3.28. The first kappa shape index (κ1) is 14.0. The van der Waals surface area contributed by atoms with Gasteiger partial charge in [0, 0.05) is 6.54 Å². The van der Waals surface area contributed by atoms with Crippen molar-refractivity contribution < 1.29 is 8.42 Å². The molecule has 3 nitrogen and oxygen atoms in total. The molecule has 0 radical (unpaired) electrons. The third-order valence-electron chi connectivity index (χ3n) is 2.43. The van der Waals surface area contributed by atoms with Crippen LogP contribution in [0.5, 0.6) is 0 Å². The molecule has 5 heteroatoms. The molecule has 92 valence electrons. The van der Waals surface area contributed by atoms with Crippen LogP contribution in [0, 0.1) is 6.92 Å². The molecule has 1 rings (SSSR count). The lowest BCUT2D eigenvalue weighted by Crippen LogP contribution is -2.08. The Balaban J connectivity index is 2.64. The molecule has 0 spiro atoms. The number of aryl methyl sites for hydroxylation is 1. The molecule has 0 saturated carbocycles. The van der Waals surface area contributed by atoms with Crippen LogP contribution in [0.1, 0.15) is 18.4 Å². The zero-order chi connectivity index (χ0) is 12.7. The fraction of sp³-hybridized carbons (Fsp3) is 0.417. The van der Waals surface area contributed by atoms with Crippen molar-refractivity contribution in [1.82, 2.24) is 0 Å². The Morgan fingerprint density at radius 3 is 2.65 bits per heavy atom. The van der Waals surface area contributed by atoms with E-state index in [1.807, 2.05) is 19.1 Å². The third kappa shape index (κ3) is 4.38. The van der Waals surface area contributed by atoms with Crippen LogP contribution in [0.2, 0.25) is 0 Å². The lowest BCUT2D eigenvalue weighted by Gasteiger charge is -2.06. The van der Waals surface area contributed by atoms with E-state index in [1.54, 1.807) is 12.1 Å². The van der Waals surface area contributed by atoms with Gasteiger partial charge in [0.25, 0.3) is 0 Å². The van der Waals surface area contributed by atoms with Crippen molar-refractivity contribution in [3.05, 3.63) is 29.8 Å². The van der Waals surface area contributed by atoms with Crippen molar-refractivity contribution in [1.29, 1.82) is 0 Å². The number of hydrogen-bond donors (Lipinski definition) is 0. The normalized spacial score (nSPS) is 10.9. The standard InChI is InChI=1S/C12H15NO2S2/c1-11-6-2-3-7-12(11)17(14,15)9-5-4-8-13-10-16/h2-3,6-7H,4-5,8-9H2,1H3. The van der Waals surface area contributed by atoms with Gasteiger partial charge in [-0.1, -0.05) is 18.2 Å². The average Bonchev–Trinajstić information content (AvgIpc) is 2.29. The van der Waals surface area contributed by atoms with Crippen LogP contribution >= 0.6 is 12.2 Å². The van der Waals surface area contributed by atoms with Crippen LogP contribution < -0.4 is 0 Å². The van der Waals surface area contributed by atoms with Crippen molar-refractivity contribution in [3.8, 4) is 0 Å². The van der Waals surface area contributed by atoms with Gasteiger partial charge < -0.3 is 0 Å². The van der Waals surface area contributed by atoms with Gasteiger partial charge >= 0.3 is 0 Å². The number of isothiocyanates is 1. The number of aliphatic imine (C=N–C) groups is 1. The van der Waals surface area contributed by atoms with Gasteiger partial charge in [0.15, 0.2) is 9.84 Å². The quantitative estimate of drug-likeness (QED) is 0.453. The van der Waals surface area contributed by atoms with Crippen molar-refractivity contribution in [2.75, 3.05) is 12.3 Å². The van der Waals surface area contributed by atoms with Gasteiger partial charge in [0.05, 0.1) is 15.8 Å². The summed E-state index contributed by atoms with van der Waals surface area (Å²) >= 11 is 4.43. The molecule has 0 fully saturated rings. The van der Waals surface area contributed by atoms with E-state index < -0.39 is 9.84 Å². The Morgan fingerprint density at radius 2 is 2.00 bits per heavy atom. The smallest absolute Gasteiger partial charge is 0.178 e. The minimum absolute atomic E-state index is 0.158. The molecule has 0 heterocycles. The lowest BCUT2D eigenvalue weighted by atomic mass is 10.2. The Hall–Kier alpha value is -1.03. The first-order valence-corrected chi connectivity index (χ1v) is 7.46. The Kier molecular flexibility index (Phi) is 5.48. The lowest BCUT2D eigenvalue weighted by molar-refractivity contribution is 0.591. The van der Waals surface area contributed by atoms with Crippen LogP contribution in [0.15, 0.2) is 34.2 Å². The fourth-order valence-electron chi connectivity index (χ4n) is 1.54. The molecule has 0 aliphatic carbocycles. The minimum Gasteiger partial charge on any atom is -0.233 e. The molecule has 0 unspecified atom stereocenters. The van der Waals surface area contributed by atoms with E-state index in [-0.39, 0.29) is 5.75 Å². The molecule has 0 bridgehead atoms. The number of hydrogen-bond acceptors (Lipinski definition) is 4. The molecular weight excluding hydrogens is 254 g/mol. The Bertz CT molecular complexity index is 517. The van der Waals surface area contributed by atoms with Crippen LogP contribution in [0.25, 0.3) is 0 Å². The summed E-state index contributed by atoms with van der Waals surface area (Å²) in [5, 5.41) is 2.27. The van der Waals surface area contributed by atoms with Crippen LogP contribution in [-0.4, -0.2) is 25.9 Å². The predicted octanol–water partition coefficient (Wildman–Crippen LogP) is 2.65. The third-order valence-corrected chi connectivity index (χ3v) is 4.51. The van der Waals surface area contributed by atoms with Gasteiger partial charge in [-0.3, -0.25) is 0 Å². The number of nitrogens with zero attached hydrogens (tertiary/aromatic N) is 1. The second kappa shape index (κ2) is 6.64. The highest BCUT2D eigenvalue weighted by molar-refractivity contribution is 7.91. The summed E-state index contributed by atoms with van der Waals surface area (Å²) in [5.74, 6) is 0.158. The van der Waals surface area contributed by atoms with E-state index in [2.05, 4.69) is 22.4 Å². The van der Waals surface area contributed by atoms with E-state index in [4.69, 9.17) is 0 Å². The molecule has 0 atom stereocenters. The molecule has 17 heavy (non-hydrogen) atoms. The van der Waals surface area contributed by atoms with E-state index in [1.165, 1.54) is 0 Å². The topological polar surface area (TPSA) is 46.5 Å². The summed E-state index contributed by atoms with van der Waals surface area (Å²) in [7, 11) is -3.17. The molecule has 0 aliphatic rings. The van der Waals surface area contributed by atoms with Crippen molar-refractivity contribution in [2.24, 2.45) is 4.99 Å². The van der Waals surface area contributed by atoms with Crippen molar-refractivity contribution in [3.63, 3.8) is 0 Å². The number of rotatable bonds is 6. The molecule has 0 saturated heterocycles. The number of sulfone groups is 1. The van der Waals surface area contributed by atoms with Gasteiger partial charge in [-0.2, -0.15) is 0 Å².